The van der Waals surface area contributed by atoms with Crippen LogP contribution in [0.2, 0.25) is 0 Å². The third kappa shape index (κ3) is 7.61. The molecule has 1 aromatic rings. The smallest absolute Gasteiger partial charge is 0.0185 e. The molecule has 0 radical (unpaired) electrons. The van der Waals surface area contributed by atoms with Crippen molar-refractivity contribution in [2.24, 2.45) is 0 Å². The molecule has 0 saturated carbocycles. The summed E-state index contributed by atoms with van der Waals surface area (Å²) in [7, 11) is 0. The van der Waals surface area contributed by atoms with Gasteiger partial charge >= 0.3 is 0 Å². The van der Waals surface area contributed by atoms with E-state index in [-0.39, 0.29) is 0 Å². The Morgan fingerprint density at radius 3 is 2.63 bits per heavy atom. The minimum Gasteiger partial charge on any atom is -0.315 e. The number of rotatable bonds is 10. The Balaban J connectivity index is 1.99. The lowest BCUT2D eigenvalue weighted by Crippen LogP contribution is -2.32. The Hall–Kier alpha value is -0.510. The molecule has 0 saturated heterocycles. The summed E-state index contributed by atoms with van der Waals surface area (Å²) in [5, 5.41) is 3.52. The summed E-state index contributed by atoms with van der Waals surface area (Å²) in [5.74, 6) is 2.31. The van der Waals surface area contributed by atoms with E-state index >= 15 is 0 Å². The molecule has 1 N–H and O–H groups in total. The van der Waals surface area contributed by atoms with Gasteiger partial charge in [-0.1, -0.05) is 43.7 Å². The molecular formula is C16H28N2S. The summed E-state index contributed by atoms with van der Waals surface area (Å²) < 4.78 is 0. The SMILES string of the molecule is CCN(CC)CCNCCSCc1cccc(C)c1. The van der Waals surface area contributed by atoms with Gasteiger partial charge in [0.05, 0.1) is 0 Å². The maximum atomic E-state index is 3.52. The van der Waals surface area contributed by atoms with Crippen LogP contribution < -0.4 is 5.32 Å². The largest absolute Gasteiger partial charge is 0.315 e. The minimum atomic E-state index is 1.10. The Labute approximate surface area is 123 Å². The van der Waals surface area contributed by atoms with Crippen molar-refractivity contribution < 1.29 is 0 Å². The van der Waals surface area contributed by atoms with Gasteiger partial charge in [-0.2, -0.15) is 11.8 Å². The van der Waals surface area contributed by atoms with Crippen LogP contribution >= 0.6 is 11.8 Å². The van der Waals surface area contributed by atoms with Gasteiger partial charge in [0.15, 0.2) is 0 Å². The monoisotopic (exact) mass is 280 g/mol. The molecule has 0 heterocycles. The first kappa shape index (κ1) is 16.5. The molecule has 0 aliphatic carbocycles. The standard InChI is InChI=1S/C16H28N2S/c1-4-18(5-2)11-9-17-10-12-19-14-16-8-6-7-15(3)13-16/h6-8,13,17H,4-5,9-12,14H2,1-3H3. The number of hydrogen-bond donors (Lipinski definition) is 1. The number of nitrogens with zero attached hydrogens (tertiary/aromatic N) is 1. The highest BCUT2D eigenvalue weighted by atomic mass is 32.2. The van der Waals surface area contributed by atoms with Gasteiger partial charge in [-0.15, -0.1) is 0 Å². The predicted octanol–water partition coefficient (Wildman–Crippen LogP) is 3.16. The van der Waals surface area contributed by atoms with E-state index in [4.69, 9.17) is 0 Å². The van der Waals surface area contributed by atoms with Crippen LogP contribution in [-0.4, -0.2) is 43.4 Å². The highest BCUT2D eigenvalue weighted by molar-refractivity contribution is 7.98. The molecule has 0 spiro atoms. The highest BCUT2D eigenvalue weighted by Gasteiger charge is 1.98. The molecule has 0 unspecified atom stereocenters. The summed E-state index contributed by atoms with van der Waals surface area (Å²) in [6.07, 6.45) is 0. The minimum absolute atomic E-state index is 1.10. The molecule has 0 bridgehead atoms. The Morgan fingerprint density at radius 2 is 1.95 bits per heavy atom. The van der Waals surface area contributed by atoms with Crippen LogP contribution in [0.25, 0.3) is 0 Å². The van der Waals surface area contributed by atoms with Gasteiger partial charge in [0.1, 0.15) is 0 Å². The molecule has 0 aliphatic rings. The Bertz CT molecular complexity index is 337. The van der Waals surface area contributed by atoms with Gasteiger partial charge in [-0.05, 0) is 25.6 Å². The van der Waals surface area contributed by atoms with Crippen molar-refractivity contribution in [3.63, 3.8) is 0 Å². The van der Waals surface area contributed by atoms with E-state index in [9.17, 15) is 0 Å². The van der Waals surface area contributed by atoms with Crippen LogP contribution in [-0.2, 0) is 5.75 Å². The van der Waals surface area contributed by atoms with Gasteiger partial charge in [0.25, 0.3) is 0 Å². The van der Waals surface area contributed by atoms with Gasteiger partial charge in [-0.25, -0.2) is 0 Å². The normalized spacial score (nSPS) is 11.2. The van der Waals surface area contributed by atoms with Crippen molar-refractivity contribution in [1.82, 2.24) is 10.2 Å². The fourth-order valence-corrected chi connectivity index (χ4v) is 2.89. The lowest BCUT2D eigenvalue weighted by molar-refractivity contribution is 0.303. The van der Waals surface area contributed by atoms with Crippen LogP contribution in [0.3, 0.4) is 0 Å². The first-order valence-electron chi connectivity index (χ1n) is 7.32. The van der Waals surface area contributed by atoms with Crippen LogP contribution in [0.1, 0.15) is 25.0 Å². The molecule has 1 rings (SSSR count). The van der Waals surface area contributed by atoms with Crippen molar-refractivity contribution in [2.75, 3.05) is 38.5 Å². The van der Waals surface area contributed by atoms with Gasteiger partial charge in [0, 0.05) is 31.1 Å². The molecule has 0 aliphatic heterocycles. The van der Waals surface area contributed by atoms with E-state index < -0.39 is 0 Å². The third-order valence-electron chi connectivity index (χ3n) is 3.27. The summed E-state index contributed by atoms with van der Waals surface area (Å²) in [6.45, 7) is 12.3. The number of benzene rings is 1. The Morgan fingerprint density at radius 1 is 1.16 bits per heavy atom. The van der Waals surface area contributed by atoms with Gasteiger partial charge in [0.2, 0.25) is 0 Å². The average Bonchev–Trinajstić information content (AvgIpc) is 2.42. The van der Waals surface area contributed by atoms with Crippen LogP contribution in [0.4, 0.5) is 0 Å². The molecule has 3 heteroatoms. The fraction of sp³-hybridized carbons (Fsp3) is 0.625. The first-order chi connectivity index (χ1) is 9.26. The molecule has 0 atom stereocenters. The number of nitrogens with one attached hydrogen (secondary N) is 1. The summed E-state index contributed by atoms with van der Waals surface area (Å²) in [5.41, 5.74) is 2.79. The molecular weight excluding hydrogens is 252 g/mol. The molecule has 0 fully saturated rings. The lowest BCUT2D eigenvalue weighted by Gasteiger charge is -2.17. The molecule has 2 nitrogen and oxygen atoms in total. The number of aryl methyl sites for hydroxylation is 1. The highest BCUT2D eigenvalue weighted by Crippen LogP contribution is 2.12. The lowest BCUT2D eigenvalue weighted by atomic mass is 10.2. The topological polar surface area (TPSA) is 15.3 Å². The number of thioether (sulfide) groups is 1. The zero-order chi connectivity index (χ0) is 13.9. The third-order valence-corrected chi connectivity index (χ3v) is 4.30. The zero-order valence-electron chi connectivity index (χ0n) is 12.6. The summed E-state index contributed by atoms with van der Waals surface area (Å²) in [6, 6.07) is 8.80. The quantitative estimate of drug-likeness (QED) is 0.663. The van der Waals surface area contributed by atoms with E-state index in [1.165, 1.54) is 16.9 Å². The van der Waals surface area contributed by atoms with Gasteiger partial charge < -0.3 is 10.2 Å². The molecule has 0 amide bonds. The number of hydrogen-bond acceptors (Lipinski definition) is 3. The average molecular weight is 280 g/mol. The maximum absolute atomic E-state index is 3.52. The second-order valence-corrected chi connectivity index (χ2v) is 5.92. The molecule has 19 heavy (non-hydrogen) atoms. The second-order valence-electron chi connectivity index (χ2n) is 4.82. The van der Waals surface area contributed by atoms with Crippen LogP contribution in [0, 0.1) is 6.92 Å². The van der Waals surface area contributed by atoms with Crippen molar-refractivity contribution in [2.45, 2.75) is 26.5 Å². The second kappa shape index (κ2) is 10.3. The van der Waals surface area contributed by atoms with E-state index in [0.29, 0.717) is 0 Å². The summed E-state index contributed by atoms with van der Waals surface area (Å²) in [4.78, 5) is 2.45. The van der Waals surface area contributed by atoms with Crippen molar-refractivity contribution >= 4 is 11.8 Å². The van der Waals surface area contributed by atoms with Gasteiger partial charge in [-0.3, -0.25) is 0 Å². The van der Waals surface area contributed by atoms with E-state index in [1.54, 1.807) is 0 Å². The van der Waals surface area contributed by atoms with E-state index in [2.05, 4.69) is 55.3 Å². The number of likely N-dealkylation sites (N-methyl/N-ethyl adjacent to an activating group) is 1. The zero-order valence-corrected chi connectivity index (χ0v) is 13.4. The van der Waals surface area contributed by atoms with Crippen LogP contribution in [0.15, 0.2) is 24.3 Å². The molecule has 108 valence electrons. The van der Waals surface area contributed by atoms with E-state index in [0.717, 1.165) is 38.5 Å². The van der Waals surface area contributed by atoms with Crippen molar-refractivity contribution in [3.8, 4) is 0 Å². The predicted molar refractivity (Wildman–Crippen MR) is 88.0 cm³/mol. The first-order valence-corrected chi connectivity index (χ1v) is 8.48. The maximum Gasteiger partial charge on any atom is 0.0185 e. The van der Waals surface area contributed by atoms with Crippen molar-refractivity contribution in [1.29, 1.82) is 0 Å². The molecule has 1 aromatic carbocycles. The van der Waals surface area contributed by atoms with E-state index in [1.807, 2.05) is 11.8 Å². The van der Waals surface area contributed by atoms with Crippen LogP contribution in [0.5, 0.6) is 0 Å². The van der Waals surface area contributed by atoms with Crippen molar-refractivity contribution in [3.05, 3.63) is 35.4 Å². The molecule has 0 aromatic heterocycles. The fourth-order valence-electron chi connectivity index (χ4n) is 2.04. The summed E-state index contributed by atoms with van der Waals surface area (Å²) >= 11 is 2.01. The Kier molecular flexibility index (Phi) is 8.97.